The molecular formula is C28H23ClF4N2O3. The molecule has 2 atom stereocenters. The molecular weight excluding hydrogens is 524 g/mol. The predicted molar refractivity (Wildman–Crippen MR) is 138 cm³/mol. The lowest BCUT2D eigenvalue weighted by Gasteiger charge is -2.49. The molecule has 1 heterocycles. The zero-order valence-corrected chi connectivity index (χ0v) is 21.0. The number of phenols is 1. The topological polar surface area (TPSA) is 74.5 Å². The van der Waals surface area contributed by atoms with Crippen molar-refractivity contribution in [3.05, 3.63) is 99.1 Å². The summed E-state index contributed by atoms with van der Waals surface area (Å²) in [6.07, 6.45) is -5.78. The van der Waals surface area contributed by atoms with Gasteiger partial charge in [0.05, 0.1) is 16.6 Å². The zero-order chi connectivity index (χ0) is 27.6. The summed E-state index contributed by atoms with van der Waals surface area (Å²) in [7, 11) is 0. The molecule has 0 amide bonds. The van der Waals surface area contributed by atoms with Crippen LogP contribution < -0.4 is 10.9 Å². The molecule has 38 heavy (non-hydrogen) atoms. The minimum Gasteiger partial charge on any atom is -0.506 e. The molecule has 0 fully saturated rings. The summed E-state index contributed by atoms with van der Waals surface area (Å²) in [5, 5.41) is 25.2. The first kappa shape index (κ1) is 26.1. The van der Waals surface area contributed by atoms with E-state index in [4.69, 9.17) is 11.6 Å². The smallest absolute Gasteiger partial charge is 0.419 e. The van der Waals surface area contributed by atoms with Crippen molar-refractivity contribution in [3.63, 3.8) is 0 Å². The number of aromatic nitrogens is 1. The monoisotopic (exact) mass is 546 g/mol. The van der Waals surface area contributed by atoms with Gasteiger partial charge in [-0.05, 0) is 65.9 Å². The second-order valence-corrected chi connectivity index (χ2v) is 10.5. The van der Waals surface area contributed by atoms with Crippen LogP contribution in [0, 0.1) is 5.82 Å². The Labute approximate surface area is 219 Å². The number of benzene rings is 3. The fraction of sp³-hybridized carbons (Fsp3) is 0.250. The molecule has 3 aromatic carbocycles. The summed E-state index contributed by atoms with van der Waals surface area (Å²) in [6, 6.07) is 13.6. The second kappa shape index (κ2) is 8.74. The molecule has 1 aliphatic rings. The lowest BCUT2D eigenvalue weighted by molar-refractivity contribution is -0.275. The van der Waals surface area contributed by atoms with Crippen LogP contribution in [0.1, 0.15) is 37.4 Å². The third kappa shape index (κ3) is 4.01. The minimum absolute atomic E-state index is 0.0125. The van der Waals surface area contributed by atoms with E-state index in [0.717, 1.165) is 0 Å². The van der Waals surface area contributed by atoms with E-state index >= 15 is 0 Å². The molecule has 1 aliphatic carbocycles. The van der Waals surface area contributed by atoms with Crippen molar-refractivity contribution in [2.24, 2.45) is 0 Å². The summed E-state index contributed by atoms with van der Waals surface area (Å²) in [5.41, 5.74) is -3.70. The van der Waals surface area contributed by atoms with Crippen LogP contribution in [0.2, 0.25) is 5.02 Å². The van der Waals surface area contributed by atoms with Gasteiger partial charge in [-0.1, -0.05) is 37.6 Å². The number of halogens is 5. The first-order valence-corrected chi connectivity index (χ1v) is 12.1. The van der Waals surface area contributed by atoms with E-state index in [1.165, 1.54) is 73.0 Å². The molecule has 0 spiro atoms. The van der Waals surface area contributed by atoms with Gasteiger partial charge in [-0.3, -0.25) is 9.36 Å². The molecule has 10 heteroatoms. The van der Waals surface area contributed by atoms with Crippen LogP contribution in [0.5, 0.6) is 5.75 Å². The number of nitrogens with zero attached hydrogens (tertiary/aromatic N) is 1. The van der Waals surface area contributed by atoms with Gasteiger partial charge in [0.15, 0.2) is 5.60 Å². The van der Waals surface area contributed by atoms with E-state index in [2.05, 4.69) is 5.32 Å². The maximum atomic E-state index is 14.5. The van der Waals surface area contributed by atoms with Gasteiger partial charge in [0, 0.05) is 28.4 Å². The molecule has 5 nitrogen and oxygen atoms in total. The molecule has 0 saturated carbocycles. The van der Waals surface area contributed by atoms with Crippen molar-refractivity contribution in [1.82, 2.24) is 4.57 Å². The van der Waals surface area contributed by atoms with Gasteiger partial charge < -0.3 is 15.5 Å². The molecule has 0 radical (unpaired) electrons. The Morgan fingerprint density at radius 1 is 1.03 bits per heavy atom. The summed E-state index contributed by atoms with van der Waals surface area (Å²) in [5.74, 6) is -0.827. The molecule has 198 valence electrons. The van der Waals surface area contributed by atoms with E-state index in [-0.39, 0.29) is 27.6 Å². The van der Waals surface area contributed by atoms with Crippen LogP contribution in [0.15, 0.2) is 71.5 Å². The number of aliphatic hydroxyl groups is 1. The molecule has 0 bridgehead atoms. The highest BCUT2D eigenvalue weighted by Gasteiger charge is 2.64. The SMILES string of the molecule is CC1(C)CC(O)(C(F)(F)F)C(Nc2cccc3c2ccc(=O)n3-c2ccc(F)cc2)c2ccc(Cl)c(O)c21. The summed E-state index contributed by atoms with van der Waals surface area (Å²) in [6.45, 7) is 3.02. The van der Waals surface area contributed by atoms with Crippen molar-refractivity contribution in [2.45, 2.75) is 43.5 Å². The van der Waals surface area contributed by atoms with E-state index in [9.17, 15) is 32.6 Å². The van der Waals surface area contributed by atoms with Gasteiger partial charge in [0.2, 0.25) is 0 Å². The zero-order valence-electron chi connectivity index (χ0n) is 20.3. The predicted octanol–water partition coefficient (Wildman–Crippen LogP) is 6.62. The number of phenolic OH excluding ortho intramolecular Hbond substituents is 1. The first-order valence-electron chi connectivity index (χ1n) is 11.7. The van der Waals surface area contributed by atoms with E-state index < -0.39 is 41.0 Å². The molecule has 5 rings (SSSR count). The maximum absolute atomic E-state index is 14.5. The van der Waals surface area contributed by atoms with Crippen LogP contribution in [-0.4, -0.2) is 26.6 Å². The molecule has 2 unspecified atom stereocenters. The number of rotatable bonds is 3. The Balaban J connectivity index is 1.73. The van der Waals surface area contributed by atoms with Crippen LogP contribution in [0.3, 0.4) is 0 Å². The average molecular weight is 547 g/mol. The van der Waals surface area contributed by atoms with E-state index in [0.29, 0.717) is 16.6 Å². The van der Waals surface area contributed by atoms with Gasteiger partial charge in [-0.15, -0.1) is 0 Å². The molecule has 3 N–H and O–H groups in total. The van der Waals surface area contributed by atoms with Crippen LogP contribution in [-0.2, 0) is 5.41 Å². The van der Waals surface area contributed by atoms with Crippen LogP contribution in [0.4, 0.5) is 23.2 Å². The third-order valence-electron chi connectivity index (χ3n) is 7.15. The molecule has 0 saturated heterocycles. The number of alkyl halides is 3. The fourth-order valence-electron chi connectivity index (χ4n) is 5.52. The summed E-state index contributed by atoms with van der Waals surface area (Å²) in [4.78, 5) is 12.8. The quantitative estimate of drug-likeness (QED) is 0.253. The normalized spacial score (nSPS) is 20.8. The Hall–Kier alpha value is -3.56. The van der Waals surface area contributed by atoms with Gasteiger partial charge in [-0.25, -0.2) is 4.39 Å². The number of nitrogens with one attached hydrogen (secondary N) is 1. The van der Waals surface area contributed by atoms with Gasteiger partial charge in [0.25, 0.3) is 5.56 Å². The number of pyridine rings is 1. The first-order chi connectivity index (χ1) is 17.7. The maximum Gasteiger partial charge on any atom is 0.419 e. The Kier molecular flexibility index (Phi) is 6.00. The minimum atomic E-state index is -5.03. The van der Waals surface area contributed by atoms with Crippen LogP contribution >= 0.6 is 11.6 Å². The second-order valence-electron chi connectivity index (χ2n) is 10.1. The Morgan fingerprint density at radius 3 is 2.37 bits per heavy atom. The van der Waals surface area contributed by atoms with Crippen LogP contribution in [0.25, 0.3) is 16.6 Å². The highest BCUT2D eigenvalue weighted by molar-refractivity contribution is 6.32. The average Bonchev–Trinajstić information content (AvgIpc) is 2.83. The third-order valence-corrected chi connectivity index (χ3v) is 7.46. The summed E-state index contributed by atoms with van der Waals surface area (Å²) < 4.78 is 58.4. The van der Waals surface area contributed by atoms with Crippen molar-refractivity contribution in [2.75, 3.05) is 5.32 Å². The van der Waals surface area contributed by atoms with E-state index in [1.807, 2.05) is 0 Å². The van der Waals surface area contributed by atoms with Crippen molar-refractivity contribution in [3.8, 4) is 11.4 Å². The highest BCUT2D eigenvalue weighted by Crippen LogP contribution is 2.57. The lowest BCUT2D eigenvalue weighted by atomic mass is 9.63. The number of hydrogen-bond donors (Lipinski definition) is 3. The molecule has 4 aromatic rings. The standard InChI is InChI=1S/C28H23ClF4N2O3/c1-26(2)14-27(38,28(31,32)33)25(18-10-12-19(29)24(37)23(18)26)34-20-4-3-5-21-17(20)11-13-22(36)35(21)16-8-6-15(30)7-9-16/h3-13,25,34,37-38H,14H2,1-2H3. The van der Waals surface area contributed by atoms with Crippen molar-refractivity contribution < 1.29 is 27.8 Å². The number of fused-ring (bicyclic) bond motifs is 2. The Morgan fingerprint density at radius 2 is 1.71 bits per heavy atom. The van der Waals surface area contributed by atoms with Gasteiger partial charge >= 0.3 is 6.18 Å². The largest absolute Gasteiger partial charge is 0.506 e. The molecule has 0 aliphatic heterocycles. The number of anilines is 1. The van der Waals surface area contributed by atoms with E-state index in [1.54, 1.807) is 12.1 Å². The number of hydrogen-bond acceptors (Lipinski definition) is 4. The van der Waals surface area contributed by atoms with Crippen molar-refractivity contribution in [1.29, 1.82) is 0 Å². The Bertz CT molecular complexity index is 1620. The van der Waals surface area contributed by atoms with Crippen molar-refractivity contribution >= 4 is 28.2 Å². The number of aromatic hydroxyl groups is 1. The molecule has 1 aromatic heterocycles. The highest BCUT2D eigenvalue weighted by atomic mass is 35.5. The lowest BCUT2D eigenvalue weighted by Crippen LogP contribution is -2.58. The van der Waals surface area contributed by atoms with Gasteiger partial charge in [-0.2, -0.15) is 13.2 Å². The summed E-state index contributed by atoms with van der Waals surface area (Å²) >= 11 is 6.11. The van der Waals surface area contributed by atoms with Gasteiger partial charge in [0.1, 0.15) is 11.6 Å². The fourth-order valence-corrected chi connectivity index (χ4v) is 5.68.